The SMILES string of the molecule is Cc1nn(-c2ccccc2)c(C)c1CNC(=O)c1ccc(-n2cnc3ccccc32)cc1. The van der Waals surface area contributed by atoms with E-state index in [4.69, 9.17) is 0 Å². The summed E-state index contributed by atoms with van der Waals surface area (Å²) >= 11 is 0. The average Bonchev–Trinajstić information content (AvgIpc) is 3.39. The minimum Gasteiger partial charge on any atom is -0.348 e. The lowest BCUT2D eigenvalue weighted by molar-refractivity contribution is 0.0951. The van der Waals surface area contributed by atoms with Crippen molar-refractivity contribution in [3.63, 3.8) is 0 Å². The summed E-state index contributed by atoms with van der Waals surface area (Å²) in [7, 11) is 0. The first-order valence-corrected chi connectivity index (χ1v) is 10.5. The zero-order valence-electron chi connectivity index (χ0n) is 18.0. The number of hydrogen-bond donors (Lipinski definition) is 1. The Labute approximate surface area is 186 Å². The van der Waals surface area contributed by atoms with Crippen LogP contribution in [-0.2, 0) is 6.54 Å². The number of rotatable bonds is 5. The van der Waals surface area contributed by atoms with Crippen LogP contribution in [0.4, 0.5) is 0 Å². The lowest BCUT2D eigenvalue weighted by Gasteiger charge is -2.09. The summed E-state index contributed by atoms with van der Waals surface area (Å²) < 4.78 is 3.93. The van der Waals surface area contributed by atoms with E-state index in [9.17, 15) is 4.79 Å². The zero-order valence-corrected chi connectivity index (χ0v) is 18.0. The third-order valence-corrected chi connectivity index (χ3v) is 5.73. The second-order valence-electron chi connectivity index (χ2n) is 7.73. The van der Waals surface area contributed by atoms with Crippen LogP contribution in [0.25, 0.3) is 22.4 Å². The average molecular weight is 422 g/mol. The van der Waals surface area contributed by atoms with Crippen molar-refractivity contribution in [2.75, 3.05) is 0 Å². The van der Waals surface area contributed by atoms with Crippen LogP contribution in [0.2, 0.25) is 0 Å². The van der Waals surface area contributed by atoms with E-state index in [-0.39, 0.29) is 5.91 Å². The summed E-state index contributed by atoms with van der Waals surface area (Å²) in [5.74, 6) is -0.113. The number of aromatic nitrogens is 4. The Balaban J connectivity index is 1.31. The van der Waals surface area contributed by atoms with E-state index < -0.39 is 0 Å². The number of imidazole rings is 1. The Bertz CT molecular complexity index is 1400. The predicted octanol–water partition coefficient (Wildman–Crippen LogP) is 4.76. The third-order valence-electron chi connectivity index (χ3n) is 5.73. The number of nitrogens with one attached hydrogen (secondary N) is 1. The highest BCUT2D eigenvalue weighted by atomic mass is 16.1. The molecular weight excluding hydrogens is 398 g/mol. The van der Waals surface area contributed by atoms with Crippen molar-refractivity contribution in [1.82, 2.24) is 24.6 Å². The van der Waals surface area contributed by atoms with Crippen LogP contribution in [0.15, 0.2) is 85.2 Å². The van der Waals surface area contributed by atoms with Crippen LogP contribution in [0, 0.1) is 13.8 Å². The normalized spacial score (nSPS) is 11.1. The van der Waals surface area contributed by atoms with Gasteiger partial charge in [0.15, 0.2) is 0 Å². The number of hydrogen-bond acceptors (Lipinski definition) is 3. The highest BCUT2D eigenvalue weighted by Crippen LogP contribution is 2.20. The lowest BCUT2D eigenvalue weighted by Crippen LogP contribution is -2.23. The first-order chi connectivity index (χ1) is 15.6. The van der Waals surface area contributed by atoms with E-state index in [0.29, 0.717) is 12.1 Å². The summed E-state index contributed by atoms with van der Waals surface area (Å²) in [5, 5.41) is 7.69. The Kier molecular flexibility index (Phi) is 5.03. The number of carbonyl (C=O) groups excluding carboxylic acids is 1. The molecule has 0 aliphatic rings. The summed E-state index contributed by atoms with van der Waals surface area (Å²) in [4.78, 5) is 17.2. The molecular formula is C26H23N5O. The van der Waals surface area contributed by atoms with Gasteiger partial charge >= 0.3 is 0 Å². The van der Waals surface area contributed by atoms with E-state index in [1.165, 1.54) is 0 Å². The largest absolute Gasteiger partial charge is 0.348 e. The highest BCUT2D eigenvalue weighted by molar-refractivity contribution is 5.94. The van der Waals surface area contributed by atoms with Crippen LogP contribution in [-0.4, -0.2) is 25.2 Å². The van der Waals surface area contributed by atoms with Gasteiger partial charge in [-0.05, 0) is 62.4 Å². The molecule has 0 aliphatic carbocycles. The first-order valence-electron chi connectivity index (χ1n) is 10.5. The fourth-order valence-electron chi connectivity index (χ4n) is 3.96. The standard InChI is InChI=1S/C26H23N5O/c1-18-23(19(2)31(29-18)22-8-4-3-5-9-22)16-27-26(32)20-12-14-21(15-13-20)30-17-28-24-10-6-7-11-25(24)30/h3-15,17H,16H2,1-2H3,(H,27,32). The van der Waals surface area contributed by atoms with Crippen LogP contribution >= 0.6 is 0 Å². The van der Waals surface area contributed by atoms with Crippen LogP contribution in [0.1, 0.15) is 27.3 Å². The summed E-state index contributed by atoms with van der Waals surface area (Å²) in [6.45, 7) is 4.42. The molecule has 0 radical (unpaired) electrons. The number of benzene rings is 3. The zero-order chi connectivity index (χ0) is 22.1. The van der Waals surface area contributed by atoms with Gasteiger partial charge in [-0.3, -0.25) is 9.36 Å². The van der Waals surface area contributed by atoms with Crippen molar-refractivity contribution >= 4 is 16.9 Å². The van der Waals surface area contributed by atoms with Crippen molar-refractivity contribution in [2.24, 2.45) is 0 Å². The lowest BCUT2D eigenvalue weighted by atomic mass is 10.1. The molecule has 0 aliphatic heterocycles. The highest BCUT2D eigenvalue weighted by Gasteiger charge is 2.14. The van der Waals surface area contributed by atoms with Crippen molar-refractivity contribution < 1.29 is 4.79 Å². The van der Waals surface area contributed by atoms with Gasteiger partial charge in [0.2, 0.25) is 0 Å². The maximum Gasteiger partial charge on any atom is 0.251 e. The van der Waals surface area contributed by atoms with Gasteiger partial charge in [0, 0.05) is 29.1 Å². The predicted molar refractivity (Wildman–Crippen MR) is 125 cm³/mol. The fourth-order valence-corrected chi connectivity index (χ4v) is 3.96. The summed E-state index contributed by atoms with van der Waals surface area (Å²) in [5.41, 5.74) is 7.53. The van der Waals surface area contributed by atoms with Crippen LogP contribution in [0.5, 0.6) is 0 Å². The van der Waals surface area contributed by atoms with Crippen molar-refractivity contribution in [3.8, 4) is 11.4 Å². The third kappa shape index (κ3) is 3.56. The summed E-state index contributed by atoms with van der Waals surface area (Å²) in [6, 6.07) is 25.5. The molecule has 0 fully saturated rings. The van der Waals surface area contributed by atoms with E-state index in [0.717, 1.165) is 39.4 Å². The van der Waals surface area contributed by atoms with Crippen LogP contribution in [0.3, 0.4) is 0 Å². The molecule has 2 aromatic heterocycles. The molecule has 0 unspecified atom stereocenters. The molecule has 0 bridgehead atoms. The minimum atomic E-state index is -0.113. The number of carbonyl (C=O) groups is 1. The quantitative estimate of drug-likeness (QED) is 0.445. The first kappa shape index (κ1) is 19.8. The molecule has 5 rings (SSSR count). The topological polar surface area (TPSA) is 64.7 Å². The van der Waals surface area contributed by atoms with Gasteiger partial charge in [-0.2, -0.15) is 5.10 Å². The van der Waals surface area contributed by atoms with Gasteiger partial charge < -0.3 is 5.32 Å². The number of amides is 1. The van der Waals surface area contributed by atoms with Crippen LogP contribution < -0.4 is 5.32 Å². The van der Waals surface area contributed by atoms with Gasteiger partial charge in [-0.15, -0.1) is 0 Å². The molecule has 1 amide bonds. The fraction of sp³-hybridized carbons (Fsp3) is 0.115. The molecule has 1 N–H and O–H groups in total. The number of aryl methyl sites for hydroxylation is 1. The maximum atomic E-state index is 12.8. The van der Waals surface area contributed by atoms with Gasteiger partial charge in [0.05, 0.1) is 22.4 Å². The second-order valence-corrected chi connectivity index (χ2v) is 7.73. The van der Waals surface area contributed by atoms with E-state index in [1.54, 1.807) is 6.33 Å². The Morgan fingerprint density at radius 2 is 1.59 bits per heavy atom. The molecule has 32 heavy (non-hydrogen) atoms. The summed E-state index contributed by atoms with van der Waals surface area (Å²) in [6.07, 6.45) is 1.80. The Morgan fingerprint density at radius 1 is 0.875 bits per heavy atom. The minimum absolute atomic E-state index is 0.113. The Morgan fingerprint density at radius 3 is 2.38 bits per heavy atom. The van der Waals surface area contributed by atoms with Gasteiger partial charge in [0.1, 0.15) is 6.33 Å². The van der Waals surface area contributed by atoms with Crippen molar-refractivity contribution in [2.45, 2.75) is 20.4 Å². The molecule has 5 aromatic rings. The van der Waals surface area contributed by atoms with Gasteiger partial charge in [-0.25, -0.2) is 9.67 Å². The van der Waals surface area contributed by atoms with Crippen molar-refractivity contribution in [3.05, 3.63) is 108 Å². The smallest absolute Gasteiger partial charge is 0.251 e. The molecule has 158 valence electrons. The number of para-hydroxylation sites is 3. The molecule has 6 heteroatoms. The van der Waals surface area contributed by atoms with Crippen molar-refractivity contribution in [1.29, 1.82) is 0 Å². The molecule has 0 spiro atoms. The maximum absolute atomic E-state index is 12.8. The molecule has 0 saturated carbocycles. The molecule has 0 saturated heterocycles. The van der Waals surface area contributed by atoms with Gasteiger partial charge in [-0.1, -0.05) is 30.3 Å². The molecule has 6 nitrogen and oxygen atoms in total. The monoisotopic (exact) mass is 421 g/mol. The van der Waals surface area contributed by atoms with E-state index in [1.807, 2.05) is 102 Å². The Hall–Kier alpha value is -4.19. The second kappa shape index (κ2) is 8.15. The van der Waals surface area contributed by atoms with Gasteiger partial charge in [0.25, 0.3) is 5.91 Å². The molecule has 0 atom stereocenters. The van der Waals surface area contributed by atoms with E-state index >= 15 is 0 Å². The number of nitrogens with zero attached hydrogens (tertiary/aromatic N) is 4. The number of fused-ring (bicyclic) bond motifs is 1. The van der Waals surface area contributed by atoms with E-state index in [2.05, 4.69) is 15.4 Å². The molecule has 3 aromatic carbocycles. The molecule has 2 heterocycles.